The molecule has 5 nitrogen and oxygen atoms in total. The Hall–Kier alpha value is -1.92. The van der Waals surface area contributed by atoms with Gasteiger partial charge in [-0.15, -0.1) is 0 Å². The van der Waals surface area contributed by atoms with E-state index in [4.69, 9.17) is 4.74 Å². The number of aromatic nitrogens is 1. The molecule has 1 saturated heterocycles. The summed E-state index contributed by atoms with van der Waals surface area (Å²) in [6.45, 7) is 3.18. The van der Waals surface area contributed by atoms with Gasteiger partial charge in [0.15, 0.2) is 0 Å². The van der Waals surface area contributed by atoms with Crippen molar-refractivity contribution in [3.8, 4) is 0 Å². The molecule has 0 bridgehead atoms. The first-order valence-electron chi connectivity index (χ1n) is 6.45. The highest BCUT2D eigenvalue weighted by Gasteiger charge is 2.12. The summed E-state index contributed by atoms with van der Waals surface area (Å²) in [5.41, 5.74) is 1.38. The van der Waals surface area contributed by atoms with Crippen LogP contribution in [0.15, 0.2) is 35.2 Å². The fourth-order valence-electron chi connectivity index (χ4n) is 2.04. The quantitative estimate of drug-likeness (QED) is 0.941. The molecular formula is C14H15N3O2S. The maximum atomic E-state index is 11.9. The predicted octanol–water partition coefficient (Wildman–Crippen LogP) is 2.23. The average Bonchev–Trinajstić information content (AvgIpc) is 3.03. The molecule has 0 unspecified atom stereocenters. The first kappa shape index (κ1) is 13.1. The molecule has 3 heterocycles. The summed E-state index contributed by atoms with van der Waals surface area (Å²) in [5, 5.41) is 6.54. The van der Waals surface area contributed by atoms with Gasteiger partial charge in [-0.3, -0.25) is 4.79 Å². The summed E-state index contributed by atoms with van der Waals surface area (Å²) in [6, 6.07) is 5.60. The number of nitrogens with one attached hydrogen (secondary N) is 1. The molecule has 1 N–H and O–H groups in total. The lowest BCUT2D eigenvalue weighted by molar-refractivity contribution is 0.102. The monoisotopic (exact) mass is 289 g/mol. The van der Waals surface area contributed by atoms with E-state index in [9.17, 15) is 4.79 Å². The van der Waals surface area contributed by atoms with E-state index < -0.39 is 0 Å². The lowest BCUT2D eigenvalue weighted by Crippen LogP contribution is -2.36. The second kappa shape index (κ2) is 6.02. The van der Waals surface area contributed by atoms with Crippen LogP contribution in [0.4, 0.5) is 11.5 Å². The number of ether oxygens (including phenoxy) is 1. The Kier molecular flexibility index (Phi) is 3.94. The van der Waals surface area contributed by atoms with Crippen molar-refractivity contribution in [1.82, 2.24) is 4.98 Å². The summed E-state index contributed by atoms with van der Waals surface area (Å²) < 4.78 is 5.31. The summed E-state index contributed by atoms with van der Waals surface area (Å²) in [5.74, 6) is 0.814. The van der Waals surface area contributed by atoms with Gasteiger partial charge in [-0.05, 0) is 23.6 Å². The normalized spacial score (nSPS) is 15.1. The topological polar surface area (TPSA) is 54.5 Å². The summed E-state index contributed by atoms with van der Waals surface area (Å²) in [4.78, 5) is 18.5. The number of carbonyl (C=O) groups is 1. The number of anilines is 2. The zero-order chi connectivity index (χ0) is 13.8. The molecule has 1 aliphatic heterocycles. The molecule has 3 rings (SSSR count). The summed E-state index contributed by atoms with van der Waals surface area (Å²) in [7, 11) is 0. The Labute approximate surface area is 121 Å². The molecule has 1 amide bonds. The summed E-state index contributed by atoms with van der Waals surface area (Å²) in [6.07, 6.45) is 1.69. The van der Waals surface area contributed by atoms with Crippen molar-refractivity contribution in [3.63, 3.8) is 0 Å². The van der Waals surface area contributed by atoms with Gasteiger partial charge < -0.3 is 15.0 Å². The first-order valence-corrected chi connectivity index (χ1v) is 7.39. The Bertz CT molecular complexity index is 563. The van der Waals surface area contributed by atoms with Gasteiger partial charge in [0.2, 0.25) is 0 Å². The maximum absolute atomic E-state index is 11.9. The smallest absolute Gasteiger partial charge is 0.256 e. The molecule has 0 saturated carbocycles. The SMILES string of the molecule is O=C(Nc1ccc(N2CCOCC2)nc1)c1ccsc1. The number of morpholine rings is 1. The van der Waals surface area contributed by atoms with Crippen molar-refractivity contribution in [3.05, 3.63) is 40.7 Å². The van der Waals surface area contributed by atoms with Crippen molar-refractivity contribution in [2.75, 3.05) is 36.5 Å². The summed E-state index contributed by atoms with van der Waals surface area (Å²) >= 11 is 1.50. The molecule has 104 valence electrons. The van der Waals surface area contributed by atoms with Gasteiger partial charge in [-0.2, -0.15) is 11.3 Å². The van der Waals surface area contributed by atoms with Crippen molar-refractivity contribution in [1.29, 1.82) is 0 Å². The molecular weight excluding hydrogens is 274 g/mol. The molecule has 0 radical (unpaired) electrons. The Morgan fingerprint density at radius 3 is 2.80 bits per heavy atom. The fourth-order valence-corrected chi connectivity index (χ4v) is 2.67. The third-order valence-electron chi connectivity index (χ3n) is 3.12. The number of rotatable bonds is 3. The molecule has 1 aliphatic rings. The number of amides is 1. The molecule has 1 fully saturated rings. The van der Waals surface area contributed by atoms with Crippen LogP contribution in [0.1, 0.15) is 10.4 Å². The number of nitrogens with zero attached hydrogens (tertiary/aromatic N) is 2. The minimum absolute atomic E-state index is 0.104. The van der Waals surface area contributed by atoms with Crippen LogP contribution in [0.2, 0.25) is 0 Å². The van der Waals surface area contributed by atoms with Gasteiger partial charge >= 0.3 is 0 Å². The third-order valence-corrected chi connectivity index (χ3v) is 3.81. The number of thiophene rings is 1. The zero-order valence-electron chi connectivity index (χ0n) is 10.9. The molecule has 0 atom stereocenters. The van der Waals surface area contributed by atoms with Crippen LogP contribution in [0, 0.1) is 0 Å². The van der Waals surface area contributed by atoms with Gasteiger partial charge in [-0.1, -0.05) is 0 Å². The molecule has 6 heteroatoms. The molecule has 2 aromatic heterocycles. The predicted molar refractivity (Wildman–Crippen MR) is 79.5 cm³/mol. The lowest BCUT2D eigenvalue weighted by atomic mass is 10.3. The van der Waals surface area contributed by atoms with E-state index in [1.165, 1.54) is 11.3 Å². The van der Waals surface area contributed by atoms with Crippen LogP contribution in [-0.2, 0) is 4.74 Å². The van der Waals surface area contributed by atoms with Crippen molar-refractivity contribution in [2.24, 2.45) is 0 Å². The highest BCUT2D eigenvalue weighted by molar-refractivity contribution is 7.08. The van der Waals surface area contributed by atoms with Gasteiger partial charge in [0.05, 0.1) is 30.7 Å². The second-order valence-corrected chi connectivity index (χ2v) is 5.25. The van der Waals surface area contributed by atoms with Gasteiger partial charge in [-0.25, -0.2) is 4.98 Å². The fraction of sp³-hybridized carbons (Fsp3) is 0.286. The minimum Gasteiger partial charge on any atom is -0.378 e. The van der Waals surface area contributed by atoms with E-state index in [0.717, 1.165) is 32.1 Å². The Balaban J connectivity index is 1.65. The molecule has 0 spiro atoms. The van der Waals surface area contributed by atoms with E-state index >= 15 is 0 Å². The second-order valence-electron chi connectivity index (χ2n) is 4.47. The molecule has 0 aliphatic carbocycles. The van der Waals surface area contributed by atoms with Crippen LogP contribution in [0.3, 0.4) is 0 Å². The van der Waals surface area contributed by atoms with Gasteiger partial charge in [0.25, 0.3) is 5.91 Å². The lowest BCUT2D eigenvalue weighted by Gasteiger charge is -2.27. The zero-order valence-corrected chi connectivity index (χ0v) is 11.7. The standard InChI is InChI=1S/C14H15N3O2S/c18-14(11-3-8-20-10-11)16-12-1-2-13(15-9-12)17-4-6-19-7-5-17/h1-3,8-10H,4-7H2,(H,16,18). The average molecular weight is 289 g/mol. The van der Waals surface area contributed by atoms with Crippen LogP contribution in [-0.4, -0.2) is 37.2 Å². The number of hydrogen-bond acceptors (Lipinski definition) is 5. The van der Waals surface area contributed by atoms with E-state index in [0.29, 0.717) is 11.3 Å². The van der Waals surface area contributed by atoms with Crippen LogP contribution < -0.4 is 10.2 Å². The van der Waals surface area contributed by atoms with E-state index in [-0.39, 0.29) is 5.91 Å². The van der Waals surface area contributed by atoms with Crippen LogP contribution >= 0.6 is 11.3 Å². The number of carbonyl (C=O) groups excluding carboxylic acids is 1. The van der Waals surface area contributed by atoms with Crippen molar-refractivity contribution >= 4 is 28.7 Å². The van der Waals surface area contributed by atoms with Crippen LogP contribution in [0.5, 0.6) is 0 Å². The van der Waals surface area contributed by atoms with E-state index in [1.807, 2.05) is 22.9 Å². The van der Waals surface area contributed by atoms with E-state index in [2.05, 4.69) is 15.2 Å². The highest BCUT2D eigenvalue weighted by Crippen LogP contribution is 2.16. The van der Waals surface area contributed by atoms with Gasteiger partial charge in [0.1, 0.15) is 5.82 Å². The van der Waals surface area contributed by atoms with Crippen molar-refractivity contribution in [2.45, 2.75) is 0 Å². The van der Waals surface area contributed by atoms with Gasteiger partial charge in [0, 0.05) is 18.5 Å². The number of hydrogen-bond donors (Lipinski definition) is 1. The molecule has 2 aromatic rings. The number of pyridine rings is 1. The maximum Gasteiger partial charge on any atom is 0.256 e. The van der Waals surface area contributed by atoms with Crippen LogP contribution in [0.25, 0.3) is 0 Å². The third kappa shape index (κ3) is 2.97. The largest absolute Gasteiger partial charge is 0.378 e. The first-order chi connectivity index (χ1) is 9.83. The molecule has 20 heavy (non-hydrogen) atoms. The minimum atomic E-state index is -0.104. The van der Waals surface area contributed by atoms with Crippen molar-refractivity contribution < 1.29 is 9.53 Å². The molecule has 0 aromatic carbocycles. The Morgan fingerprint density at radius 2 is 2.15 bits per heavy atom. The highest BCUT2D eigenvalue weighted by atomic mass is 32.1. The Morgan fingerprint density at radius 1 is 1.30 bits per heavy atom. The van der Waals surface area contributed by atoms with E-state index in [1.54, 1.807) is 12.3 Å².